The Hall–Kier alpha value is 0.477. The van der Waals surface area contributed by atoms with E-state index in [-0.39, 0.29) is 26.9 Å². The van der Waals surface area contributed by atoms with E-state index in [4.69, 9.17) is 5.11 Å². The molecule has 0 bridgehead atoms. The Labute approximate surface area is 62.6 Å². The molecule has 0 aromatic rings. The largest absolute Gasteiger partial charge is 1.00 e. The Kier molecular flexibility index (Phi) is 10.6. The van der Waals surface area contributed by atoms with Gasteiger partial charge in [0.2, 0.25) is 0 Å². The van der Waals surface area contributed by atoms with E-state index in [1.165, 1.54) is 14.2 Å². The molecule has 0 radical (unpaired) electrons. The van der Waals surface area contributed by atoms with Gasteiger partial charge in [-0.15, -0.1) is 0 Å². The van der Waals surface area contributed by atoms with Gasteiger partial charge in [-0.1, -0.05) is 0 Å². The first-order valence-corrected chi connectivity index (χ1v) is 2.01. The van der Waals surface area contributed by atoms with E-state index in [2.05, 4.69) is 9.47 Å². The molecule has 1 N–H and O–H groups in total. The van der Waals surface area contributed by atoms with Crippen LogP contribution in [0, 0.1) is 0 Å². The average Bonchev–Trinajstić information content (AvgIpc) is 1.72. The van der Waals surface area contributed by atoms with Crippen LogP contribution in [0.3, 0.4) is 0 Å². The second-order valence-corrected chi connectivity index (χ2v) is 1.08. The number of aliphatic hydroxyl groups is 1. The normalized spacial score (nSPS) is 9.00. The molecule has 0 amide bonds. The Morgan fingerprint density at radius 3 is 1.88 bits per heavy atom. The Bertz CT molecular complexity index is 37.3. The second-order valence-electron chi connectivity index (χ2n) is 1.08. The molecular formula is C4H11LiO3. The van der Waals surface area contributed by atoms with Crippen molar-refractivity contribution in [3.63, 3.8) is 0 Å². The van der Waals surface area contributed by atoms with Crippen molar-refractivity contribution in [1.82, 2.24) is 0 Å². The van der Waals surface area contributed by atoms with Crippen molar-refractivity contribution in [2.45, 2.75) is 6.29 Å². The van der Waals surface area contributed by atoms with Gasteiger partial charge in [-0.2, -0.15) is 0 Å². The number of rotatable bonds is 3. The van der Waals surface area contributed by atoms with Crippen molar-refractivity contribution in [2.75, 3.05) is 20.8 Å². The number of methoxy groups -OCH3 is 2. The van der Waals surface area contributed by atoms with Crippen LogP contribution in [0.2, 0.25) is 0 Å². The quantitative estimate of drug-likeness (QED) is 0.309. The fourth-order valence-electron chi connectivity index (χ4n) is 0.245. The standard InChI is InChI=1S/C4H10O3.Li.H/c1-6-4(3-5)7-2;;/h4-5H,3H2,1-2H3;;/q;+1;-1. The van der Waals surface area contributed by atoms with Crippen LogP contribution in [0.5, 0.6) is 0 Å². The molecule has 0 aromatic heterocycles. The Balaban J connectivity index is -0.000000180. The van der Waals surface area contributed by atoms with Gasteiger partial charge in [0.15, 0.2) is 6.29 Å². The summed E-state index contributed by atoms with van der Waals surface area (Å²) in [5.41, 5.74) is 0. The maximum atomic E-state index is 8.28. The second kappa shape index (κ2) is 7.48. The summed E-state index contributed by atoms with van der Waals surface area (Å²) in [6.07, 6.45) is -0.458. The molecule has 3 nitrogen and oxygen atoms in total. The number of hydrogen-bond donors (Lipinski definition) is 1. The minimum absolute atomic E-state index is 0. The van der Waals surface area contributed by atoms with Crippen LogP contribution in [0.1, 0.15) is 1.43 Å². The van der Waals surface area contributed by atoms with E-state index < -0.39 is 6.29 Å². The maximum absolute atomic E-state index is 8.28. The minimum Gasteiger partial charge on any atom is -1.00 e. The van der Waals surface area contributed by atoms with Gasteiger partial charge in [-0.3, -0.25) is 0 Å². The van der Waals surface area contributed by atoms with Crippen LogP contribution in [0.4, 0.5) is 0 Å². The van der Waals surface area contributed by atoms with Crippen LogP contribution < -0.4 is 18.9 Å². The average molecular weight is 114 g/mol. The SMILES string of the molecule is COC(CO)OC.[H-].[Li+]. The summed E-state index contributed by atoms with van der Waals surface area (Å²) in [4.78, 5) is 0. The summed E-state index contributed by atoms with van der Waals surface area (Å²) >= 11 is 0. The van der Waals surface area contributed by atoms with E-state index in [0.29, 0.717) is 0 Å². The van der Waals surface area contributed by atoms with Crippen LogP contribution in [-0.2, 0) is 9.47 Å². The third-order valence-electron chi connectivity index (χ3n) is 0.675. The van der Waals surface area contributed by atoms with E-state index >= 15 is 0 Å². The van der Waals surface area contributed by atoms with Gasteiger partial charge in [0, 0.05) is 14.2 Å². The van der Waals surface area contributed by atoms with Crippen LogP contribution >= 0.6 is 0 Å². The Morgan fingerprint density at radius 1 is 1.50 bits per heavy atom. The van der Waals surface area contributed by atoms with Gasteiger partial charge in [0.1, 0.15) is 0 Å². The number of aliphatic hydroxyl groups excluding tert-OH is 1. The van der Waals surface area contributed by atoms with E-state index in [1.54, 1.807) is 0 Å². The third-order valence-corrected chi connectivity index (χ3v) is 0.675. The van der Waals surface area contributed by atoms with Crippen molar-refractivity contribution >= 4 is 0 Å². The van der Waals surface area contributed by atoms with Gasteiger partial charge in [0.25, 0.3) is 0 Å². The molecule has 0 rings (SSSR count). The van der Waals surface area contributed by atoms with Gasteiger partial charge in [-0.05, 0) is 0 Å². The summed E-state index contributed by atoms with van der Waals surface area (Å²) in [6, 6.07) is 0. The molecule has 0 atom stereocenters. The van der Waals surface area contributed by atoms with Crippen LogP contribution in [-0.4, -0.2) is 32.2 Å². The van der Waals surface area contributed by atoms with Gasteiger partial charge < -0.3 is 16.0 Å². The fourth-order valence-corrected chi connectivity index (χ4v) is 0.245. The maximum Gasteiger partial charge on any atom is 1.00 e. The summed E-state index contributed by atoms with van der Waals surface area (Å²) in [7, 11) is 2.95. The van der Waals surface area contributed by atoms with Crippen LogP contribution in [0.25, 0.3) is 0 Å². The monoisotopic (exact) mass is 114 g/mol. The molecule has 0 saturated heterocycles. The first kappa shape index (κ1) is 11.3. The van der Waals surface area contributed by atoms with E-state index in [0.717, 1.165) is 0 Å². The van der Waals surface area contributed by atoms with Crippen molar-refractivity contribution in [2.24, 2.45) is 0 Å². The summed E-state index contributed by atoms with van der Waals surface area (Å²) < 4.78 is 9.15. The van der Waals surface area contributed by atoms with Crippen molar-refractivity contribution in [3.8, 4) is 0 Å². The zero-order chi connectivity index (χ0) is 5.70. The zero-order valence-electron chi connectivity index (χ0n) is 6.55. The summed E-state index contributed by atoms with van der Waals surface area (Å²) in [5, 5.41) is 8.28. The molecule has 0 saturated carbocycles. The van der Waals surface area contributed by atoms with Crippen LogP contribution in [0.15, 0.2) is 0 Å². The molecule has 4 heteroatoms. The van der Waals surface area contributed by atoms with E-state index in [9.17, 15) is 0 Å². The molecule has 0 unspecified atom stereocenters. The first-order chi connectivity index (χ1) is 3.35. The first-order valence-electron chi connectivity index (χ1n) is 2.01. The molecule has 0 aromatic carbocycles. The van der Waals surface area contributed by atoms with Gasteiger partial charge >= 0.3 is 18.9 Å². The molecular weight excluding hydrogens is 103 g/mol. The molecule has 0 fully saturated rings. The molecule has 8 heavy (non-hydrogen) atoms. The van der Waals surface area contributed by atoms with Crippen molar-refractivity contribution in [1.29, 1.82) is 0 Å². The third kappa shape index (κ3) is 4.63. The predicted molar refractivity (Wildman–Crippen MR) is 26.0 cm³/mol. The fraction of sp³-hybridized carbons (Fsp3) is 1.00. The number of hydrogen-bond acceptors (Lipinski definition) is 3. The van der Waals surface area contributed by atoms with Gasteiger partial charge in [-0.25, -0.2) is 0 Å². The molecule has 0 aliphatic rings. The zero-order valence-corrected chi connectivity index (χ0v) is 5.55. The molecule has 0 heterocycles. The smallest absolute Gasteiger partial charge is 1.00 e. The van der Waals surface area contributed by atoms with E-state index in [1.807, 2.05) is 0 Å². The Morgan fingerprint density at radius 2 is 1.88 bits per heavy atom. The minimum atomic E-state index is -0.458. The summed E-state index contributed by atoms with van der Waals surface area (Å²) in [5.74, 6) is 0. The van der Waals surface area contributed by atoms with Crippen molar-refractivity contribution < 1.29 is 34.9 Å². The van der Waals surface area contributed by atoms with Crippen molar-refractivity contribution in [3.05, 3.63) is 0 Å². The predicted octanol–water partition coefficient (Wildman–Crippen LogP) is -3.29. The molecule has 0 aliphatic carbocycles. The number of ether oxygens (including phenoxy) is 2. The summed E-state index contributed by atoms with van der Waals surface area (Å²) in [6.45, 7) is -0.0903. The topological polar surface area (TPSA) is 38.7 Å². The van der Waals surface area contributed by atoms with Gasteiger partial charge in [0.05, 0.1) is 6.61 Å². The molecule has 0 aliphatic heterocycles. The molecule has 0 spiro atoms. The molecule has 46 valence electrons.